The molecule has 0 aliphatic carbocycles. The summed E-state index contributed by atoms with van der Waals surface area (Å²) in [5, 5.41) is 6.50. The number of nitrogens with one attached hydrogen (secondary N) is 1. The van der Waals surface area contributed by atoms with E-state index in [1.165, 1.54) is 5.56 Å². The number of nitrogens with zero attached hydrogens (tertiary/aromatic N) is 3. The van der Waals surface area contributed by atoms with Gasteiger partial charge in [-0.25, -0.2) is 4.98 Å². The average molecular weight is 567 g/mol. The molecule has 1 aromatic heterocycles. The van der Waals surface area contributed by atoms with Gasteiger partial charge in [0.1, 0.15) is 23.5 Å². The van der Waals surface area contributed by atoms with Crippen LogP contribution >= 0.6 is 35.3 Å². The molecule has 0 saturated carbocycles. The van der Waals surface area contributed by atoms with Crippen LogP contribution in [0.3, 0.4) is 0 Å². The smallest absolute Gasteiger partial charge is 0.194 e. The molecular weight excluding hydrogens is 535 g/mol. The van der Waals surface area contributed by atoms with E-state index in [0.717, 1.165) is 28.0 Å². The third kappa shape index (κ3) is 7.75. The lowest BCUT2D eigenvalue weighted by Gasteiger charge is -2.21. The average Bonchev–Trinajstić information content (AvgIpc) is 3.27. The molecule has 0 spiro atoms. The molecule has 0 amide bonds. The molecule has 0 radical (unpaired) electrons. The van der Waals surface area contributed by atoms with E-state index in [0.29, 0.717) is 19.7 Å². The number of halogens is 1. The number of aliphatic imine (C=N–C) groups is 1. The van der Waals surface area contributed by atoms with E-state index in [9.17, 15) is 0 Å². The fourth-order valence-corrected chi connectivity index (χ4v) is 3.92. The van der Waals surface area contributed by atoms with Gasteiger partial charge in [-0.2, -0.15) is 0 Å². The third-order valence-corrected chi connectivity index (χ3v) is 5.89. The maximum absolute atomic E-state index is 5.86. The van der Waals surface area contributed by atoms with Crippen LogP contribution in [0.5, 0.6) is 5.75 Å². The molecule has 8 heteroatoms. The zero-order valence-corrected chi connectivity index (χ0v) is 22.1. The first kappa shape index (κ1) is 26.1. The predicted octanol–water partition coefficient (Wildman–Crippen LogP) is 5.25. The first-order chi connectivity index (χ1) is 15.1. The number of benzene rings is 2. The lowest BCUT2D eigenvalue weighted by atomic mass is 10.1. The van der Waals surface area contributed by atoms with Crippen LogP contribution in [0.1, 0.15) is 34.9 Å². The monoisotopic (exact) mass is 566 g/mol. The molecule has 172 valence electrons. The Morgan fingerprint density at radius 2 is 1.91 bits per heavy atom. The zero-order valence-electron chi connectivity index (χ0n) is 18.9. The molecule has 0 bridgehead atoms. The summed E-state index contributed by atoms with van der Waals surface area (Å²) in [5.41, 5.74) is 3.32. The maximum Gasteiger partial charge on any atom is 0.194 e. The SMILES string of the molecule is CN=C(NCc1cccc(COc2ccccc2)c1)N(C)Cc1csc(C(C)OC)n1.I. The number of aromatic nitrogens is 1. The van der Waals surface area contributed by atoms with Crippen LogP contribution in [0.4, 0.5) is 0 Å². The summed E-state index contributed by atoms with van der Waals surface area (Å²) >= 11 is 1.62. The molecule has 0 aliphatic heterocycles. The lowest BCUT2D eigenvalue weighted by molar-refractivity contribution is 0.119. The molecule has 6 nitrogen and oxygen atoms in total. The van der Waals surface area contributed by atoms with E-state index in [1.807, 2.05) is 44.3 Å². The Bertz CT molecular complexity index is 981. The number of methoxy groups -OCH3 is 1. The molecule has 1 N–H and O–H groups in total. The molecule has 0 aliphatic rings. The predicted molar refractivity (Wildman–Crippen MR) is 142 cm³/mol. The molecule has 2 aromatic carbocycles. The van der Waals surface area contributed by atoms with Crippen molar-refractivity contribution in [3.05, 3.63) is 81.8 Å². The summed E-state index contributed by atoms with van der Waals surface area (Å²) in [7, 11) is 5.51. The minimum Gasteiger partial charge on any atom is -0.489 e. The number of ether oxygens (including phenoxy) is 2. The van der Waals surface area contributed by atoms with E-state index in [4.69, 9.17) is 9.47 Å². The highest BCUT2D eigenvalue weighted by Gasteiger charge is 2.12. The van der Waals surface area contributed by atoms with Gasteiger partial charge in [0.2, 0.25) is 0 Å². The van der Waals surface area contributed by atoms with Crippen LogP contribution in [0, 0.1) is 0 Å². The van der Waals surface area contributed by atoms with Gasteiger partial charge in [-0.15, -0.1) is 35.3 Å². The van der Waals surface area contributed by atoms with Gasteiger partial charge in [0, 0.05) is 33.1 Å². The Balaban J connectivity index is 0.00000363. The molecule has 3 aromatic rings. The van der Waals surface area contributed by atoms with Crippen molar-refractivity contribution in [2.45, 2.75) is 32.7 Å². The Labute approximate surface area is 211 Å². The first-order valence-electron chi connectivity index (χ1n) is 10.2. The number of para-hydroxylation sites is 1. The van der Waals surface area contributed by atoms with E-state index < -0.39 is 0 Å². The van der Waals surface area contributed by atoms with Crippen molar-refractivity contribution in [1.82, 2.24) is 15.2 Å². The normalized spacial score (nSPS) is 12.1. The fourth-order valence-electron chi connectivity index (χ4n) is 3.08. The number of hydrogen-bond donors (Lipinski definition) is 1. The number of guanidine groups is 1. The van der Waals surface area contributed by atoms with Gasteiger partial charge >= 0.3 is 0 Å². The molecule has 0 saturated heterocycles. The summed E-state index contributed by atoms with van der Waals surface area (Å²) in [6, 6.07) is 18.3. The summed E-state index contributed by atoms with van der Waals surface area (Å²) in [6.07, 6.45) is 0.0136. The Morgan fingerprint density at radius 1 is 1.16 bits per heavy atom. The summed E-state index contributed by atoms with van der Waals surface area (Å²) < 4.78 is 11.2. The lowest BCUT2D eigenvalue weighted by Crippen LogP contribution is -2.38. The Morgan fingerprint density at radius 3 is 2.62 bits per heavy atom. The number of rotatable bonds is 9. The fraction of sp³-hybridized carbons (Fsp3) is 0.333. The van der Waals surface area contributed by atoms with Crippen LogP contribution in [-0.2, 0) is 24.4 Å². The largest absolute Gasteiger partial charge is 0.489 e. The Hall–Kier alpha value is -2.17. The van der Waals surface area contributed by atoms with E-state index in [1.54, 1.807) is 25.5 Å². The van der Waals surface area contributed by atoms with Crippen LogP contribution in [0.25, 0.3) is 0 Å². The maximum atomic E-state index is 5.86. The van der Waals surface area contributed by atoms with Gasteiger partial charge in [-0.05, 0) is 30.2 Å². The molecular formula is C24H31IN4O2S. The third-order valence-electron chi connectivity index (χ3n) is 4.83. The van der Waals surface area contributed by atoms with Crippen molar-refractivity contribution < 1.29 is 9.47 Å². The minimum atomic E-state index is 0. The molecule has 3 rings (SSSR count). The highest BCUT2D eigenvalue weighted by atomic mass is 127. The van der Waals surface area contributed by atoms with Gasteiger partial charge in [0.25, 0.3) is 0 Å². The van der Waals surface area contributed by atoms with Gasteiger partial charge < -0.3 is 19.7 Å². The number of hydrogen-bond acceptors (Lipinski definition) is 5. The molecule has 1 heterocycles. The topological polar surface area (TPSA) is 59.0 Å². The quantitative estimate of drug-likeness (QED) is 0.218. The van der Waals surface area contributed by atoms with Crippen molar-refractivity contribution in [1.29, 1.82) is 0 Å². The van der Waals surface area contributed by atoms with Crippen LogP contribution in [0.15, 0.2) is 65.0 Å². The molecule has 0 fully saturated rings. The van der Waals surface area contributed by atoms with Gasteiger partial charge in [0.15, 0.2) is 5.96 Å². The second kappa shape index (κ2) is 13.4. The second-order valence-electron chi connectivity index (χ2n) is 7.23. The van der Waals surface area contributed by atoms with Crippen molar-refractivity contribution in [3.63, 3.8) is 0 Å². The first-order valence-corrected chi connectivity index (χ1v) is 11.1. The van der Waals surface area contributed by atoms with Crippen LogP contribution < -0.4 is 10.1 Å². The zero-order chi connectivity index (χ0) is 22.1. The van der Waals surface area contributed by atoms with E-state index >= 15 is 0 Å². The van der Waals surface area contributed by atoms with Gasteiger partial charge in [0.05, 0.1) is 12.2 Å². The Kier molecular flexibility index (Phi) is 10.9. The summed E-state index contributed by atoms with van der Waals surface area (Å²) in [6.45, 7) is 3.90. The minimum absolute atomic E-state index is 0. The van der Waals surface area contributed by atoms with Crippen molar-refractivity contribution >= 4 is 41.3 Å². The summed E-state index contributed by atoms with van der Waals surface area (Å²) in [5.74, 6) is 1.69. The van der Waals surface area contributed by atoms with Crippen molar-refractivity contribution in [2.24, 2.45) is 4.99 Å². The van der Waals surface area contributed by atoms with Gasteiger partial charge in [-0.3, -0.25) is 4.99 Å². The molecule has 32 heavy (non-hydrogen) atoms. The van der Waals surface area contributed by atoms with E-state index in [-0.39, 0.29) is 30.1 Å². The molecule has 1 atom stereocenters. The van der Waals surface area contributed by atoms with Crippen molar-refractivity contribution in [3.8, 4) is 5.75 Å². The standard InChI is InChI=1S/C24H30N4O2S.HI/c1-18(29-4)23-27-21(17-31-23)15-28(3)24(25-2)26-14-19-9-8-10-20(13-19)16-30-22-11-6-5-7-12-22;/h5-13,17-18H,14-16H2,1-4H3,(H,25,26);1H. The highest BCUT2D eigenvalue weighted by Crippen LogP contribution is 2.21. The van der Waals surface area contributed by atoms with E-state index in [2.05, 4.69) is 49.8 Å². The van der Waals surface area contributed by atoms with Gasteiger partial charge in [-0.1, -0.05) is 42.5 Å². The molecule has 1 unspecified atom stereocenters. The second-order valence-corrected chi connectivity index (χ2v) is 8.12. The van der Waals surface area contributed by atoms with Crippen LogP contribution in [0.2, 0.25) is 0 Å². The van der Waals surface area contributed by atoms with Crippen LogP contribution in [-0.4, -0.2) is 37.0 Å². The van der Waals surface area contributed by atoms with Crippen molar-refractivity contribution in [2.75, 3.05) is 21.2 Å². The number of thiazole rings is 1. The highest BCUT2D eigenvalue weighted by molar-refractivity contribution is 14.0. The summed E-state index contributed by atoms with van der Waals surface area (Å²) in [4.78, 5) is 11.1.